The molecule has 1 saturated heterocycles. The fourth-order valence-corrected chi connectivity index (χ4v) is 4.72. The van der Waals surface area contributed by atoms with Gasteiger partial charge in [-0.05, 0) is 48.4 Å². The van der Waals surface area contributed by atoms with Crippen LogP contribution in [0.15, 0.2) is 53.5 Å². The third kappa shape index (κ3) is 4.95. The van der Waals surface area contributed by atoms with Gasteiger partial charge in [-0.3, -0.25) is 4.79 Å². The van der Waals surface area contributed by atoms with Gasteiger partial charge in [0.1, 0.15) is 24.2 Å². The maximum Gasteiger partial charge on any atom is 0.261 e. The average molecular weight is 512 g/mol. The number of benzene rings is 2. The number of anilines is 2. The van der Waals surface area contributed by atoms with Crippen molar-refractivity contribution in [3.8, 4) is 11.4 Å². The second-order valence-electron chi connectivity index (χ2n) is 8.88. The fourth-order valence-electron chi connectivity index (χ4n) is 4.52. The lowest BCUT2D eigenvalue weighted by atomic mass is 10.1. The number of hydrogen-bond acceptors (Lipinski definition) is 6. The minimum absolute atomic E-state index is 0.174. The number of fused-ring (bicyclic) bond motifs is 1. The number of nitrogens with zero attached hydrogens (tertiary/aromatic N) is 2. The molecular weight excluding hydrogens is 485 g/mol. The number of aromatic nitrogens is 3. The highest BCUT2D eigenvalue weighted by molar-refractivity contribution is 6.30. The van der Waals surface area contributed by atoms with Crippen molar-refractivity contribution < 1.29 is 14.2 Å². The molecule has 8 nitrogen and oxygen atoms in total. The summed E-state index contributed by atoms with van der Waals surface area (Å²) in [6.07, 6.45) is 0.287. The van der Waals surface area contributed by atoms with E-state index in [2.05, 4.69) is 20.2 Å². The van der Waals surface area contributed by atoms with Crippen molar-refractivity contribution in [1.82, 2.24) is 15.0 Å². The molecule has 1 fully saturated rings. The monoisotopic (exact) mass is 511 g/mol. The molecule has 3 heterocycles. The van der Waals surface area contributed by atoms with Gasteiger partial charge in [-0.25, -0.2) is 9.37 Å². The first-order valence-corrected chi connectivity index (χ1v) is 12.1. The quantitative estimate of drug-likeness (QED) is 0.296. The van der Waals surface area contributed by atoms with Crippen LogP contribution in [0, 0.1) is 6.92 Å². The number of rotatable bonds is 7. The van der Waals surface area contributed by atoms with E-state index in [0.717, 1.165) is 22.3 Å². The lowest BCUT2D eigenvalue weighted by Gasteiger charge is -2.33. The Balaban J connectivity index is 1.44. The van der Waals surface area contributed by atoms with E-state index in [1.165, 1.54) is 0 Å². The molecule has 2 aromatic carbocycles. The van der Waals surface area contributed by atoms with E-state index in [-0.39, 0.29) is 12.1 Å². The van der Waals surface area contributed by atoms with Crippen molar-refractivity contribution in [3.63, 3.8) is 0 Å². The second kappa shape index (κ2) is 10.3. The number of aliphatic hydroxyl groups is 1. The molecule has 36 heavy (non-hydrogen) atoms. The maximum atomic E-state index is 13.2. The van der Waals surface area contributed by atoms with Crippen LogP contribution in [0.5, 0.6) is 0 Å². The molecular formula is C26H27ClFN5O3. The number of pyridine rings is 1. The summed E-state index contributed by atoms with van der Waals surface area (Å²) in [5, 5.41) is 14.3. The molecule has 188 valence electrons. The van der Waals surface area contributed by atoms with E-state index in [4.69, 9.17) is 21.3 Å². The van der Waals surface area contributed by atoms with Gasteiger partial charge in [0.25, 0.3) is 5.56 Å². The zero-order valence-electron chi connectivity index (χ0n) is 19.7. The minimum Gasteiger partial charge on any atom is -0.387 e. The molecule has 4 aromatic rings. The fraction of sp³-hybridized carbons (Fsp3) is 0.308. The number of hydrogen-bond donors (Lipinski definition) is 4. The van der Waals surface area contributed by atoms with Crippen LogP contribution >= 0.6 is 11.6 Å². The standard InChI is InChI=1S/C26H27ClFN5O3/c1-15-9-18(33-7-8-36-19(12-28)14-33)11-21-24(15)32-25(31-21)23-20(5-6-29-26(23)35)30-13-22(34)16-3-2-4-17(27)10-16/h2-6,9-11,19,22,34H,7-8,12-14H2,1H3,(H,31,32)(H2,29,30,35)/t19-,22+/m0/s1. The molecule has 5 rings (SSSR count). The number of aromatic amines is 2. The molecule has 1 aliphatic heterocycles. The van der Waals surface area contributed by atoms with E-state index in [1.807, 2.05) is 19.1 Å². The first-order chi connectivity index (χ1) is 17.4. The highest BCUT2D eigenvalue weighted by Crippen LogP contribution is 2.30. The van der Waals surface area contributed by atoms with Crippen LogP contribution in [0.25, 0.3) is 22.4 Å². The topological polar surface area (TPSA) is 106 Å². The van der Waals surface area contributed by atoms with Crippen molar-refractivity contribution in [3.05, 3.63) is 75.2 Å². The van der Waals surface area contributed by atoms with Gasteiger partial charge in [0, 0.05) is 36.5 Å². The SMILES string of the molecule is Cc1cc(N2CCO[C@@H](CF)C2)cc2[nH]c(-c3c(NC[C@@H](O)c4cccc(Cl)c4)cc[nH]c3=O)nc12. The van der Waals surface area contributed by atoms with Crippen LogP contribution in [-0.4, -0.2) is 59.1 Å². The Kier molecular flexibility index (Phi) is 6.95. The van der Waals surface area contributed by atoms with Gasteiger partial charge in [-0.1, -0.05) is 23.7 Å². The largest absolute Gasteiger partial charge is 0.387 e. The normalized spacial score (nSPS) is 16.9. The van der Waals surface area contributed by atoms with Gasteiger partial charge in [-0.2, -0.15) is 0 Å². The minimum atomic E-state index is -0.821. The molecule has 0 amide bonds. The Labute approximate surface area is 212 Å². The molecule has 0 saturated carbocycles. The summed E-state index contributed by atoms with van der Waals surface area (Å²) in [5.74, 6) is 0.412. The zero-order chi connectivity index (χ0) is 25.2. The smallest absolute Gasteiger partial charge is 0.261 e. The lowest BCUT2D eigenvalue weighted by Crippen LogP contribution is -2.43. The summed E-state index contributed by atoms with van der Waals surface area (Å²) in [6, 6.07) is 12.7. The van der Waals surface area contributed by atoms with E-state index < -0.39 is 18.9 Å². The second-order valence-corrected chi connectivity index (χ2v) is 9.32. The first-order valence-electron chi connectivity index (χ1n) is 11.7. The lowest BCUT2D eigenvalue weighted by molar-refractivity contribution is 0.0247. The van der Waals surface area contributed by atoms with Gasteiger partial charge in [-0.15, -0.1) is 0 Å². The van der Waals surface area contributed by atoms with E-state index >= 15 is 0 Å². The Morgan fingerprint density at radius 1 is 1.33 bits per heavy atom. The molecule has 10 heteroatoms. The number of alkyl halides is 1. The predicted octanol–water partition coefficient (Wildman–Crippen LogP) is 4.20. The van der Waals surface area contributed by atoms with Crippen LogP contribution in [0.3, 0.4) is 0 Å². The van der Waals surface area contributed by atoms with Gasteiger partial charge in [0.15, 0.2) is 0 Å². The van der Waals surface area contributed by atoms with Crippen molar-refractivity contribution in [1.29, 1.82) is 0 Å². The molecule has 0 aliphatic carbocycles. The molecule has 0 bridgehead atoms. The molecule has 4 N–H and O–H groups in total. The summed E-state index contributed by atoms with van der Waals surface area (Å²) >= 11 is 6.04. The first kappa shape index (κ1) is 24.3. The number of morpholine rings is 1. The van der Waals surface area contributed by atoms with Crippen molar-refractivity contribution in [2.75, 3.05) is 43.1 Å². The zero-order valence-corrected chi connectivity index (χ0v) is 20.5. The number of imidazole rings is 1. The summed E-state index contributed by atoms with van der Waals surface area (Å²) in [7, 11) is 0. The van der Waals surface area contributed by atoms with Gasteiger partial charge < -0.3 is 30.0 Å². The van der Waals surface area contributed by atoms with Gasteiger partial charge in [0.05, 0.1) is 29.4 Å². The highest BCUT2D eigenvalue weighted by atomic mass is 35.5. The van der Waals surface area contributed by atoms with Crippen molar-refractivity contribution in [2.24, 2.45) is 0 Å². The van der Waals surface area contributed by atoms with E-state index in [9.17, 15) is 14.3 Å². The highest BCUT2D eigenvalue weighted by Gasteiger charge is 2.22. The van der Waals surface area contributed by atoms with Crippen LogP contribution in [0.1, 0.15) is 17.2 Å². The van der Waals surface area contributed by atoms with Crippen LogP contribution < -0.4 is 15.8 Å². The number of ether oxygens (including phenoxy) is 1. The van der Waals surface area contributed by atoms with Gasteiger partial charge >= 0.3 is 0 Å². The van der Waals surface area contributed by atoms with Crippen LogP contribution in [0.4, 0.5) is 15.8 Å². The molecule has 0 spiro atoms. The predicted molar refractivity (Wildman–Crippen MR) is 140 cm³/mol. The van der Waals surface area contributed by atoms with Gasteiger partial charge in [0.2, 0.25) is 0 Å². The average Bonchev–Trinajstić information content (AvgIpc) is 3.31. The summed E-state index contributed by atoms with van der Waals surface area (Å²) in [4.78, 5) is 25.7. The Bertz CT molecular complexity index is 1440. The van der Waals surface area contributed by atoms with Crippen molar-refractivity contribution >= 4 is 34.0 Å². The third-order valence-corrected chi connectivity index (χ3v) is 6.59. The number of nitrogens with one attached hydrogen (secondary N) is 3. The summed E-state index contributed by atoms with van der Waals surface area (Å²) in [5.41, 5.74) is 4.65. The maximum absolute atomic E-state index is 13.2. The van der Waals surface area contributed by atoms with E-state index in [0.29, 0.717) is 47.4 Å². The molecule has 0 radical (unpaired) electrons. The number of aliphatic hydroxyl groups excluding tert-OH is 1. The molecule has 1 aliphatic rings. The molecule has 2 aromatic heterocycles. The van der Waals surface area contributed by atoms with Crippen molar-refractivity contribution in [2.45, 2.75) is 19.1 Å². The summed E-state index contributed by atoms with van der Waals surface area (Å²) in [6.45, 7) is 3.22. The Morgan fingerprint density at radius 3 is 3.00 bits per heavy atom. The molecule has 0 unspecified atom stereocenters. The van der Waals surface area contributed by atoms with Crippen LogP contribution in [0.2, 0.25) is 5.02 Å². The van der Waals surface area contributed by atoms with Crippen LogP contribution in [-0.2, 0) is 4.74 Å². The number of H-pyrrole nitrogens is 2. The third-order valence-electron chi connectivity index (χ3n) is 6.35. The number of halogens is 2. The van der Waals surface area contributed by atoms with E-state index in [1.54, 1.807) is 36.5 Å². The number of aryl methyl sites for hydroxylation is 1. The Morgan fingerprint density at radius 2 is 2.19 bits per heavy atom. The molecule has 2 atom stereocenters. The Hall–Kier alpha value is -3.40. The summed E-state index contributed by atoms with van der Waals surface area (Å²) < 4.78 is 18.6.